The van der Waals surface area contributed by atoms with E-state index >= 15 is 0 Å². The molecule has 0 bridgehead atoms. The van der Waals surface area contributed by atoms with Crippen molar-refractivity contribution in [3.8, 4) is 0 Å². The van der Waals surface area contributed by atoms with E-state index in [1.165, 1.54) is 6.07 Å². The van der Waals surface area contributed by atoms with Crippen molar-refractivity contribution in [3.05, 3.63) is 46.7 Å². The molecule has 1 unspecified atom stereocenters. The highest BCUT2D eigenvalue weighted by atomic mass is 79.9. The molecular formula is C19H21BrFN3O. The van der Waals surface area contributed by atoms with E-state index in [-0.39, 0.29) is 5.82 Å². The molecule has 0 amide bonds. The Morgan fingerprint density at radius 3 is 2.48 bits per heavy atom. The Labute approximate surface area is 154 Å². The number of piperazine rings is 1. The number of halogens is 2. The smallest absolute Gasteiger partial charge is 0.123 e. The summed E-state index contributed by atoms with van der Waals surface area (Å²) in [6.07, 6.45) is -0.467. The first kappa shape index (κ1) is 17.0. The standard InChI is InChI=1S/C19H21BrFN3O/c20-13-1-3-18-16(9-13)17-10-14(21)2-4-19(17)24(18)12-15(25)11-23-7-5-22-6-8-23/h1-4,9-10,15,22,25H,5-8,11-12H2. The van der Waals surface area contributed by atoms with Crippen LogP contribution in [-0.4, -0.2) is 53.4 Å². The third-order valence-corrected chi connectivity index (χ3v) is 5.35. The van der Waals surface area contributed by atoms with Crippen LogP contribution in [0.15, 0.2) is 40.9 Å². The summed E-state index contributed by atoms with van der Waals surface area (Å²) < 4.78 is 16.8. The van der Waals surface area contributed by atoms with Gasteiger partial charge in [0.2, 0.25) is 0 Å². The number of β-amino-alcohol motifs (C(OH)–C–C–N with tert-alkyl or cyclic N) is 1. The molecule has 25 heavy (non-hydrogen) atoms. The van der Waals surface area contributed by atoms with Crippen molar-refractivity contribution in [3.63, 3.8) is 0 Å². The number of fused-ring (bicyclic) bond motifs is 3. The third-order valence-electron chi connectivity index (χ3n) is 4.86. The van der Waals surface area contributed by atoms with Crippen LogP contribution >= 0.6 is 15.9 Å². The van der Waals surface area contributed by atoms with Gasteiger partial charge in [0.15, 0.2) is 0 Å². The molecule has 1 aromatic heterocycles. The predicted molar refractivity (Wildman–Crippen MR) is 102 cm³/mol. The van der Waals surface area contributed by atoms with E-state index < -0.39 is 6.10 Å². The van der Waals surface area contributed by atoms with Gasteiger partial charge in [-0.05, 0) is 36.4 Å². The quantitative estimate of drug-likeness (QED) is 0.700. The summed E-state index contributed by atoms with van der Waals surface area (Å²) in [5.41, 5.74) is 1.97. The Balaban J connectivity index is 1.69. The van der Waals surface area contributed by atoms with E-state index in [4.69, 9.17) is 0 Å². The molecule has 2 N–H and O–H groups in total. The van der Waals surface area contributed by atoms with Crippen LogP contribution in [-0.2, 0) is 6.54 Å². The molecule has 4 nitrogen and oxygen atoms in total. The van der Waals surface area contributed by atoms with Crippen LogP contribution in [0.3, 0.4) is 0 Å². The van der Waals surface area contributed by atoms with E-state index in [2.05, 4.69) is 30.7 Å². The SMILES string of the molecule is OC(CN1CCNCC1)Cn1c2ccc(F)cc2c2cc(Br)ccc21. The molecule has 0 saturated carbocycles. The number of aromatic nitrogens is 1. The van der Waals surface area contributed by atoms with E-state index in [0.29, 0.717) is 13.1 Å². The minimum Gasteiger partial charge on any atom is -0.390 e. The number of rotatable bonds is 4. The van der Waals surface area contributed by atoms with Gasteiger partial charge in [-0.2, -0.15) is 0 Å². The summed E-state index contributed by atoms with van der Waals surface area (Å²) >= 11 is 3.50. The van der Waals surface area contributed by atoms with Gasteiger partial charge in [-0.25, -0.2) is 4.39 Å². The van der Waals surface area contributed by atoms with Gasteiger partial charge in [0.05, 0.1) is 12.6 Å². The molecule has 0 radical (unpaired) electrons. The summed E-state index contributed by atoms with van der Waals surface area (Å²) in [7, 11) is 0. The van der Waals surface area contributed by atoms with Crippen molar-refractivity contribution in [2.24, 2.45) is 0 Å². The van der Waals surface area contributed by atoms with Crippen LogP contribution in [0.1, 0.15) is 0 Å². The fourth-order valence-electron chi connectivity index (χ4n) is 3.71. The van der Waals surface area contributed by atoms with Crippen molar-refractivity contribution in [1.82, 2.24) is 14.8 Å². The lowest BCUT2D eigenvalue weighted by atomic mass is 10.1. The Morgan fingerprint density at radius 1 is 1.04 bits per heavy atom. The molecule has 2 heterocycles. The highest BCUT2D eigenvalue weighted by Crippen LogP contribution is 2.32. The molecule has 1 aliphatic rings. The molecule has 4 rings (SSSR count). The van der Waals surface area contributed by atoms with Gasteiger partial charge in [-0.3, -0.25) is 4.90 Å². The molecule has 0 spiro atoms. The topological polar surface area (TPSA) is 40.4 Å². The van der Waals surface area contributed by atoms with Crippen molar-refractivity contribution >= 4 is 37.7 Å². The first-order chi connectivity index (χ1) is 12.1. The number of hydrogen-bond acceptors (Lipinski definition) is 3. The molecule has 2 aromatic carbocycles. The van der Waals surface area contributed by atoms with Crippen LogP contribution in [0.4, 0.5) is 4.39 Å². The zero-order valence-electron chi connectivity index (χ0n) is 13.9. The van der Waals surface area contributed by atoms with E-state index in [9.17, 15) is 9.50 Å². The highest BCUT2D eigenvalue weighted by molar-refractivity contribution is 9.10. The maximum atomic E-state index is 13.8. The normalized spacial score (nSPS) is 17.4. The molecular weight excluding hydrogens is 385 g/mol. The lowest BCUT2D eigenvalue weighted by molar-refractivity contribution is 0.0936. The Morgan fingerprint density at radius 2 is 1.72 bits per heavy atom. The van der Waals surface area contributed by atoms with Gasteiger partial charge in [0.1, 0.15) is 5.82 Å². The summed E-state index contributed by atoms with van der Waals surface area (Å²) in [6, 6.07) is 10.9. The van der Waals surface area contributed by atoms with Gasteiger partial charge >= 0.3 is 0 Å². The lowest BCUT2D eigenvalue weighted by Gasteiger charge is -2.29. The van der Waals surface area contributed by atoms with E-state index in [1.54, 1.807) is 12.1 Å². The van der Waals surface area contributed by atoms with Gasteiger partial charge in [0, 0.05) is 59.0 Å². The second kappa shape index (κ2) is 7.03. The molecule has 1 atom stereocenters. The summed E-state index contributed by atoms with van der Waals surface area (Å²) in [5, 5.41) is 15.8. The number of nitrogens with zero attached hydrogens (tertiary/aromatic N) is 2. The minimum absolute atomic E-state index is 0.243. The number of hydrogen-bond donors (Lipinski definition) is 2. The molecule has 3 aromatic rings. The summed E-state index contributed by atoms with van der Waals surface area (Å²) in [5.74, 6) is -0.243. The number of aliphatic hydroxyl groups excluding tert-OH is 1. The van der Waals surface area contributed by atoms with Crippen LogP contribution in [0.2, 0.25) is 0 Å². The first-order valence-electron chi connectivity index (χ1n) is 8.60. The van der Waals surface area contributed by atoms with Crippen LogP contribution in [0.5, 0.6) is 0 Å². The minimum atomic E-state index is -0.467. The number of benzene rings is 2. The van der Waals surface area contributed by atoms with Crippen molar-refractivity contribution in [2.75, 3.05) is 32.7 Å². The average molecular weight is 406 g/mol. The van der Waals surface area contributed by atoms with Crippen LogP contribution in [0.25, 0.3) is 21.8 Å². The van der Waals surface area contributed by atoms with Crippen molar-refractivity contribution in [2.45, 2.75) is 12.6 Å². The first-order valence-corrected chi connectivity index (χ1v) is 9.39. The second-order valence-corrected chi connectivity index (χ2v) is 7.55. The van der Waals surface area contributed by atoms with Gasteiger partial charge in [-0.1, -0.05) is 15.9 Å². The average Bonchev–Trinajstić information content (AvgIpc) is 2.88. The lowest BCUT2D eigenvalue weighted by Crippen LogP contribution is -2.46. The van der Waals surface area contributed by atoms with Crippen LogP contribution < -0.4 is 5.32 Å². The Kier molecular flexibility index (Phi) is 4.78. The molecule has 6 heteroatoms. The van der Waals surface area contributed by atoms with E-state index in [0.717, 1.165) is 52.5 Å². The molecule has 1 fully saturated rings. The van der Waals surface area contributed by atoms with Gasteiger partial charge < -0.3 is 15.0 Å². The monoisotopic (exact) mass is 405 g/mol. The Hall–Kier alpha value is -1.47. The molecule has 132 valence electrons. The van der Waals surface area contributed by atoms with E-state index in [1.807, 2.05) is 18.2 Å². The fraction of sp³-hybridized carbons (Fsp3) is 0.368. The molecule has 0 aliphatic carbocycles. The summed E-state index contributed by atoms with van der Waals surface area (Å²) in [6.45, 7) is 5.01. The zero-order valence-corrected chi connectivity index (χ0v) is 15.5. The van der Waals surface area contributed by atoms with Crippen LogP contribution in [0, 0.1) is 5.82 Å². The van der Waals surface area contributed by atoms with Crippen molar-refractivity contribution < 1.29 is 9.50 Å². The largest absolute Gasteiger partial charge is 0.390 e. The number of aliphatic hydroxyl groups is 1. The third kappa shape index (κ3) is 3.44. The van der Waals surface area contributed by atoms with Gasteiger partial charge in [-0.15, -0.1) is 0 Å². The predicted octanol–water partition coefficient (Wildman–Crippen LogP) is 2.96. The second-order valence-electron chi connectivity index (χ2n) is 6.64. The summed E-state index contributed by atoms with van der Waals surface area (Å²) in [4.78, 5) is 2.28. The fourth-order valence-corrected chi connectivity index (χ4v) is 4.07. The number of nitrogens with one attached hydrogen (secondary N) is 1. The van der Waals surface area contributed by atoms with Crippen molar-refractivity contribution in [1.29, 1.82) is 0 Å². The van der Waals surface area contributed by atoms with Gasteiger partial charge in [0.25, 0.3) is 0 Å². The maximum Gasteiger partial charge on any atom is 0.123 e. The Bertz CT molecular complexity index is 845. The zero-order chi connectivity index (χ0) is 17.4. The maximum absolute atomic E-state index is 13.8. The highest BCUT2D eigenvalue weighted by Gasteiger charge is 2.18. The molecule has 1 saturated heterocycles. The molecule has 1 aliphatic heterocycles.